The lowest BCUT2D eigenvalue weighted by Crippen LogP contribution is -2.58. The Morgan fingerprint density at radius 2 is 1.94 bits per heavy atom. The smallest absolute Gasteiger partial charge is 0.320 e. The molecule has 0 aromatic carbocycles. The number of carboxylic acid groups (broad SMARTS) is 1. The van der Waals surface area contributed by atoms with Crippen molar-refractivity contribution < 1.29 is 14.7 Å². The van der Waals surface area contributed by atoms with Crippen molar-refractivity contribution in [2.75, 3.05) is 19.6 Å². The van der Waals surface area contributed by atoms with Gasteiger partial charge in [0, 0.05) is 31.6 Å². The van der Waals surface area contributed by atoms with Crippen LogP contribution in [0.25, 0.3) is 0 Å². The molecule has 2 aliphatic rings. The Bertz CT molecular complexity index is 339. The summed E-state index contributed by atoms with van der Waals surface area (Å²) in [7, 11) is 0. The van der Waals surface area contributed by atoms with Gasteiger partial charge >= 0.3 is 12.0 Å². The summed E-state index contributed by atoms with van der Waals surface area (Å²) >= 11 is 0. The van der Waals surface area contributed by atoms with Crippen LogP contribution >= 0.6 is 0 Å². The average Bonchev–Trinajstić information content (AvgIpc) is 2.21. The maximum absolute atomic E-state index is 12.2. The second kappa shape index (κ2) is 5.16. The van der Waals surface area contributed by atoms with E-state index in [-0.39, 0.29) is 18.4 Å². The fraction of sp³-hybridized carbons (Fsp3) is 0.846. The Morgan fingerprint density at radius 3 is 2.50 bits per heavy atom. The van der Waals surface area contributed by atoms with Gasteiger partial charge in [0.25, 0.3) is 0 Å². The Labute approximate surface area is 108 Å². The SMILES string of the molecule is CC1CCN(C(=O)N2CC(CC(=O)O)C2)C(C)C1. The van der Waals surface area contributed by atoms with Crippen molar-refractivity contribution >= 4 is 12.0 Å². The molecule has 0 radical (unpaired) electrons. The summed E-state index contributed by atoms with van der Waals surface area (Å²) in [6.07, 6.45) is 2.32. The van der Waals surface area contributed by atoms with Gasteiger partial charge in [-0.2, -0.15) is 0 Å². The Morgan fingerprint density at radius 1 is 1.28 bits per heavy atom. The molecular weight excluding hydrogens is 232 g/mol. The van der Waals surface area contributed by atoms with Crippen molar-refractivity contribution in [1.82, 2.24) is 9.80 Å². The van der Waals surface area contributed by atoms with Gasteiger partial charge in [0.05, 0.1) is 6.42 Å². The first-order valence-corrected chi connectivity index (χ1v) is 6.74. The van der Waals surface area contributed by atoms with Crippen LogP contribution < -0.4 is 0 Å². The second-order valence-corrected chi connectivity index (χ2v) is 5.82. The first-order valence-electron chi connectivity index (χ1n) is 6.74. The number of urea groups is 1. The van der Waals surface area contributed by atoms with Crippen molar-refractivity contribution in [3.63, 3.8) is 0 Å². The minimum atomic E-state index is -0.771. The molecule has 2 unspecified atom stereocenters. The largest absolute Gasteiger partial charge is 0.481 e. The highest BCUT2D eigenvalue weighted by Gasteiger charge is 2.37. The van der Waals surface area contributed by atoms with E-state index >= 15 is 0 Å². The highest BCUT2D eigenvalue weighted by molar-refractivity contribution is 5.76. The van der Waals surface area contributed by atoms with Gasteiger partial charge in [-0.3, -0.25) is 4.79 Å². The van der Waals surface area contributed by atoms with Crippen LogP contribution in [0.5, 0.6) is 0 Å². The number of piperidine rings is 1. The molecule has 5 heteroatoms. The zero-order chi connectivity index (χ0) is 13.3. The van der Waals surface area contributed by atoms with Gasteiger partial charge in [0.1, 0.15) is 0 Å². The number of carboxylic acids is 1. The van der Waals surface area contributed by atoms with Crippen LogP contribution in [0.2, 0.25) is 0 Å². The molecule has 5 nitrogen and oxygen atoms in total. The summed E-state index contributed by atoms with van der Waals surface area (Å²) < 4.78 is 0. The van der Waals surface area contributed by atoms with E-state index in [1.165, 1.54) is 0 Å². The van der Waals surface area contributed by atoms with Crippen molar-refractivity contribution in [1.29, 1.82) is 0 Å². The topological polar surface area (TPSA) is 60.9 Å². The molecule has 0 aliphatic carbocycles. The van der Waals surface area contributed by atoms with E-state index in [4.69, 9.17) is 5.11 Å². The maximum Gasteiger partial charge on any atom is 0.320 e. The quantitative estimate of drug-likeness (QED) is 0.814. The van der Waals surface area contributed by atoms with E-state index in [1.807, 2.05) is 4.90 Å². The number of amides is 2. The van der Waals surface area contributed by atoms with Gasteiger partial charge in [-0.15, -0.1) is 0 Å². The van der Waals surface area contributed by atoms with Gasteiger partial charge < -0.3 is 14.9 Å². The predicted octanol–water partition coefficient (Wildman–Crippen LogP) is 1.63. The normalized spacial score (nSPS) is 29.0. The maximum atomic E-state index is 12.2. The minimum Gasteiger partial charge on any atom is -0.481 e. The number of hydrogen-bond donors (Lipinski definition) is 1. The fourth-order valence-corrected chi connectivity index (χ4v) is 2.98. The molecule has 0 aromatic rings. The molecule has 2 aliphatic heterocycles. The van der Waals surface area contributed by atoms with Gasteiger partial charge in [0.15, 0.2) is 0 Å². The van der Waals surface area contributed by atoms with E-state index in [0.717, 1.165) is 19.4 Å². The van der Waals surface area contributed by atoms with Gasteiger partial charge in [-0.05, 0) is 25.7 Å². The Kier molecular flexibility index (Phi) is 3.78. The highest BCUT2D eigenvalue weighted by Crippen LogP contribution is 2.26. The van der Waals surface area contributed by atoms with Crippen LogP contribution in [0.1, 0.15) is 33.1 Å². The summed E-state index contributed by atoms with van der Waals surface area (Å²) in [5.74, 6) is 0.0675. The van der Waals surface area contributed by atoms with Gasteiger partial charge in [-0.1, -0.05) is 6.92 Å². The zero-order valence-corrected chi connectivity index (χ0v) is 11.1. The molecule has 102 valence electrons. The third-order valence-corrected chi connectivity index (χ3v) is 4.08. The lowest BCUT2D eigenvalue weighted by atomic mass is 9.93. The molecule has 0 spiro atoms. The Balaban J connectivity index is 1.81. The van der Waals surface area contributed by atoms with E-state index in [2.05, 4.69) is 13.8 Å². The second-order valence-electron chi connectivity index (χ2n) is 5.82. The number of rotatable bonds is 2. The first-order chi connectivity index (χ1) is 8.47. The van der Waals surface area contributed by atoms with Crippen LogP contribution in [0.3, 0.4) is 0 Å². The van der Waals surface area contributed by atoms with Crippen molar-refractivity contribution in [3.05, 3.63) is 0 Å². The third-order valence-electron chi connectivity index (χ3n) is 4.08. The average molecular weight is 254 g/mol. The van der Waals surface area contributed by atoms with Gasteiger partial charge in [-0.25, -0.2) is 4.79 Å². The fourth-order valence-electron chi connectivity index (χ4n) is 2.98. The van der Waals surface area contributed by atoms with Crippen molar-refractivity contribution in [3.8, 4) is 0 Å². The lowest BCUT2D eigenvalue weighted by molar-refractivity contribution is -0.139. The number of carbonyl (C=O) groups excluding carboxylic acids is 1. The molecule has 2 saturated heterocycles. The molecule has 2 heterocycles. The molecule has 0 saturated carbocycles. The lowest BCUT2D eigenvalue weighted by Gasteiger charge is -2.45. The van der Waals surface area contributed by atoms with Crippen LogP contribution in [-0.2, 0) is 4.79 Å². The zero-order valence-electron chi connectivity index (χ0n) is 11.1. The summed E-state index contributed by atoms with van der Waals surface area (Å²) in [5.41, 5.74) is 0. The third kappa shape index (κ3) is 2.76. The molecule has 2 amide bonds. The van der Waals surface area contributed by atoms with Crippen LogP contribution in [0.4, 0.5) is 4.79 Å². The Hall–Kier alpha value is -1.26. The van der Waals surface area contributed by atoms with E-state index in [0.29, 0.717) is 25.0 Å². The van der Waals surface area contributed by atoms with E-state index < -0.39 is 5.97 Å². The molecular formula is C13H22N2O3. The van der Waals surface area contributed by atoms with Crippen LogP contribution in [0.15, 0.2) is 0 Å². The van der Waals surface area contributed by atoms with Crippen LogP contribution in [0, 0.1) is 11.8 Å². The van der Waals surface area contributed by atoms with Crippen LogP contribution in [-0.4, -0.2) is 52.6 Å². The summed E-state index contributed by atoms with van der Waals surface area (Å²) in [4.78, 5) is 26.5. The molecule has 1 N–H and O–H groups in total. The van der Waals surface area contributed by atoms with Crippen molar-refractivity contribution in [2.24, 2.45) is 11.8 Å². The first kappa shape index (κ1) is 13.2. The molecule has 2 rings (SSSR count). The summed E-state index contributed by atoms with van der Waals surface area (Å²) in [6.45, 7) is 6.36. The number of aliphatic carboxylic acids is 1. The summed E-state index contributed by atoms with van der Waals surface area (Å²) in [5, 5.41) is 8.68. The monoisotopic (exact) mass is 254 g/mol. The predicted molar refractivity (Wildman–Crippen MR) is 67.3 cm³/mol. The molecule has 0 aromatic heterocycles. The summed E-state index contributed by atoms with van der Waals surface area (Å²) in [6, 6.07) is 0.399. The van der Waals surface area contributed by atoms with E-state index in [1.54, 1.807) is 4.90 Å². The van der Waals surface area contributed by atoms with Crippen molar-refractivity contribution in [2.45, 2.75) is 39.2 Å². The van der Waals surface area contributed by atoms with E-state index in [9.17, 15) is 9.59 Å². The molecule has 0 bridgehead atoms. The standard InChI is InChI=1S/C13H22N2O3/c1-9-3-4-15(10(2)5-9)13(18)14-7-11(8-14)6-12(16)17/h9-11H,3-8H2,1-2H3,(H,16,17). The number of likely N-dealkylation sites (tertiary alicyclic amines) is 2. The number of hydrogen-bond acceptors (Lipinski definition) is 2. The minimum absolute atomic E-state index is 0.0936. The number of nitrogens with zero attached hydrogens (tertiary/aromatic N) is 2. The number of carbonyl (C=O) groups is 2. The highest BCUT2D eigenvalue weighted by atomic mass is 16.4. The molecule has 2 fully saturated rings. The van der Waals surface area contributed by atoms with Gasteiger partial charge in [0.2, 0.25) is 0 Å². The molecule has 18 heavy (non-hydrogen) atoms. The molecule has 2 atom stereocenters.